The largest absolute Gasteiger partial charge is 0.490 e. The Morgan fingerprint density at radius 1 is 1.19 bits per heavy atom. The van der Waals surface area contributed by atoms with Crippen LogP contribution in [0.3, 0.4) is 0 Å². The van der Waals surface area contributed by atoms with Crippen molar-refractivity contribution >= 4 is 35.8 Å². The normalized spacial score (nSPS) is 17.8. The molecule has 1 amide bonds. The summed E-state index contributed by atoms with van der Waals surface area (Å²) in [5.74, 6) is 2.01. The van der Waals surface area contributed by atoms with Crippen molar-refractivity contribution in [2.24, 2.45) is 4.99 Å². The lowest BCUT2D eigenvalue weighted by atomic mass is 9.96. The van der Waals surface area contributed by atoms with Crippen molar-refractivity contribution in [3.63, 3.8) is 0 Å². The molecule has 1 saturated heterocycles. The Balaban J connectivity index is 0.00000261. The number of hydrogen-bond acceptors (Lipinski definition) is 3. The van der Waals surface area contributed by atoms with E-state index in [1.165, 1.54) is 6.42 Å². The predicted molar refractivity (Wildman–Crippen MR) is 119 cm³/mol. The van der Waals surface area contributed by atoms with Gasteiger partial charge in [0.25, 0.3) is 0 Å². The minimum atomic E-state index is 0. The van der Waals surface area contributed by atoms with Gasteiger partial charge in [0.15, 0.2) is 5.96 Å². The summed E-state index contributed by atoms with van der Waals surface area (Å²) in [6.07, 6.45) is 3.94. The Kier molecular flexibility index (Phi) is 8.66. The van der Waals surface area contributed by atoms with Gasteiger partial charge >= 0.3 is 0 Å². The molecule has 6 nitrogen and oxygen atoms in total. The molecule has 0 radical (unpaired) electrons. The van der Waals surface area contributed by atoms with Gasteiger partial charge in [-0.25, -0.2) is 4.99 Å². The third kappa shape index (κ3) is 5.99. The van der Waals surface area contributed by atoms with Crippen LogP contribution < -0.4 is 10.1 Å². The molecule has 0 atom stereocenters. The minimum Gasteiger partial charge on any atom is -0.490 e. The topological polar surface area (TPSA) is 57.2 Å². The van der Waals surface area contributed by atoms with Crippen LogP contribution in [0.15, 0.2) is 29.3 Å². The maximum absolute atomic E-state index is 11.5. The van der Waals surface area contributed by atoms with Crippen molar-refractivity contribution < 1.29 is 9.53 Å². The van der Waals surface area contributed by atoms with Gasteiger partial charge in [0.05, 0.1) is 12.6 Å². The Morgan fingerprint density at radius 2 is 1.85 bits per heavy atom. The smallest absolute Gasteiger partial charge is 0.219 e. The van der Waals surface area contributed by atoms with Crippen molar-refractivity contribution in [3.8, 4) is 5.75 Å². The second kappa shape index (κ2) is 10.7. The maximum Gasteiger partial charge on any atom is 0.219 e. The maximum atomic E-state index is 11.5. The van der Waals surface area contributed by atoms with Crippen LogP contribution >= 0.6 is 24.0 Å². The van der Waals surface area contributed by atoms with Crippen molar-refractivity contribution in [1.29, 1.82) is 0 Å². The van der Waals surface area contributed by atoms with Crippen molar-refractivity contribution in [1.82, 2.24) is 15.1 Å². The van der Waals surface area contributed by atoms with E-state index in [1.54, 1.807) is 6.92 Å². The molecule has 2 aliphatic rings. The molecule has 0 spiro atoms. The number of carbonyl (C=O) groups is 1. The number of guanidine groups is 1. The molecule has 1 aliphatic heterocycles. The highest BCUT2D eigenvalue weighted by molar-refractivity contribution is 14.0. The van der Waals surface area contributed by atoms with Crippen molar-refractivity contribution in [2.75, 3.05) is 32.7 Å². The van der Waals surface area contributed by atoms with Crippen LogP contribution in [0.4, 0.5) is 0 Å². The van der Waals surface area contributed by atoms with Gasteiger partial charge in [0.1, 0.15) is 5.75 Å². The standard InChI is InChI=1S/C20H30N4O2.HI/c1-3-21-20(24-13-11-23(12-14-24)16(2)25)22-15-17-7-4-5-10-19(17)26-18-8-6-9-18;/h4-5,7,10,18H,3,6,8-9,11-15H2,1-2H3,(H,21,22);1H. The average Bonchev–Trinajstić information content (AvgIpc) is 2.62. The van der Waals surface area contributed by atoms with Gasteiger partial charge in [-0.2, -0.15) is 0 Å². The fourth-order valence-electron chi connectivity index (χ4n) is 3.24. The highest BCUT2D eigenvalue weighted by Crippen LogP contribution is 2.28. The average molecular weight is 486 g/mol. The Hall–Kier alpha value is -1.51. The first kappa shape index (κ1) is 21.8. The number of rotatable bonds is 5. The molecule has 1 heterocycles. The number of para-hydroxylation sites is 1. The number of nitrogens with one attached hydrogen (secondary N) is 1. The van der Waals surface area contributed by atoms with Gasteiger partial charge in [0.2, 0.25) is 5.91 Å². The van der Waals surface area contributed by atoms with Gasteiger partial charge in [-0.05, 0) is 32.3 Å². The van der Waals surface area contributed by atoms with E-state index in [0.717, 1.165) is 62.8 Å². The van der Waals surface area contributed by atoms with Gasteiger partial charge in [-0.3, -0.25) is 4.79 Å². The molecule has 1 saturated carbocycles. The summed E-state index contributed by atoms with van der Waals surface area (Å²) < 4.78 is 6.11. The molecule has 3 rings (SSSR count). The first-order valence-corrected chi connectivity index (χ1v) is 9.70. The number of ether oxygens (including phenoxy) is 1. The van der Waals surface area contributed by atoms with Crippen LogP contribution in [0.25, 0.3) is 0 Å². The highest BCUT2D eigenvalue weighted by atomic mass is 127. The van der Waals surface area contributed by atoms with Gasteiger partial charge < -0.3 is 19.9 Å². The molecule has 2 fully saturated rings. The van der Waals surface area contributed by atoms with E-state index >= 15 is 0 Å². The number of piperazine rings is 1. The van der Waals surface area contributed by atoms with E-state index < -0.39 is 0 Å². The summed E-state index contributed by atoms with van der Waals surface area (Å²) in [4.78, 5) is 20.5. The summed E-state index contributed by atoms with van der Waals surface area (Å²) >= 11 is 0. The van der Waals surface area contributed by atoms with Gasteiger partial charge in [-0.15, -0.1) is 24.0 Å². The number of amides is 1. The fraction of sp³-hybridized carbons (Fsp3) is 0.600. The zero-order valence-electron chi connectivity index (χ0n) is 16.3. The minimum absolute atomic E-state index is 0. The number of hydrogen-bond donors (Lipinski definition) is 1. The van der Waals surface area contributed by atoms with E-state index in [9.17, 15) is 4.79 Å². The molecule has 0 unspecified atom stereocenters. The third-order valence-electron chi connectivity index (χ3n) is 5.08. The molecule has 150 valence electrons. The summed E-state index contributed by atoms with van der Waals surface area (Å²) in [6, 6.07) is 8.20. The fourth-order valence-corrected chi connectivity index (χ4v) is 3.24. The Bertz CT molecular complexity index is 641. The van der Waals surface area contributed by atoms with Crippen LogP contribution in [0.2, 0.25) is 0 Å². The summed E-state index contributed by atoms with van der Waals surface area (Å²) in [6.45, 7) is 8.26. The molecule has 27 heavy (non-hydrogen) atoms. The van der Waals surface area contributed by atoms with Crippen molar-refractivity contribution in [3.05, 3.63) is 29.8 Å². The number of carbonyl (C=O) groups excluding carboxylic acids is 1. The SMILES string of the molecule is CCNC(=NCc1ccccc1OC1CCC1)N1CCN(C(C)=O)CC1.I. The molecule has 1 aromatic rings. The van der Waals surface area contributed by atoms with E-state index in [2.05, 4.69) is 23.2 Å². The zero-order valence-corrected chi connectivity index (χ0v) is 18.6. The van der Waals surface area contributed by atoms with E-state index in [1.807, 2.05) is 23.1 Å². The van der Waals surface area contributed by atoms with E-state index in [-0.39, 0.29) is 29.9 Å². The van der Waals surface area contributed by atoms with Crippen LogP contribution in [-0.2, 0) is 11.3 Å². The molecule has 0 aromatic heterocycles. The van der Waals surface area contributed by atoms with Crippen LogP contribution in [-0.4, -0.2) is 60.5 Å². The summed E-state index contributed by atoms with van der Waals surface area (Å²) in [5.41, 5.74) is 1.12. The summed E-state index contributed by atoms with van der Waals surface area (Å²) in [7, 11) is 0. The van der Waals surface area contributed by atoms with E-state index in [0.29, 0.717) is 12.6 Å². The second-order valence-electron chi connectivity index (χ2n) is 6.94. The Morgan fingerprint density at radius 3 is 2.44 bits per heavy atom. The third-order valence-corrected chi connectivity index (χ3v) is 5.08. The first-order valence-electron chi connectivity index (χ1n) is 9.70. The predicted octanol–water partition coefficient (Wildman–Crippen LogP) is 2.87. The molecule has 1 aromatic carbocycles. The number of halogens is 1. The monoisotopic (exact) mass is 486 g/mol. The summed E-state index contributed by atoms with van der Waals surface area (Å²) in [5, 5.41) is 3.38. The van der Waals surface area contributed by atoms with Crippen LogP contribution in [0, 0.1) is 0 Å². The molecule has 1 aliphatic carbocycles. The lowest BCUT2D eigenvalue weighted by molar-refractivity contribution is -0.130. The molecule has 7 heteroatoms. The van der Waals surface area contributed by atoms with Gasteiger partial charge in [0, 0.05) is 45.2 Å². The van der Waals surface area contributed by atoms with Crippen LogP contribution in [0.5, 0.6) is 5.75 Å². The zero-order chi connectivity index (χ0) is 18.4. The van der Waals surface area contributed by atoms with Crippen LogP contribution in [0.1, 0.15) is 38.7 Å². The quantitative estimate of drug-likeness (QED) is 0.395. The molecule has 1 N–H and O–H groups in total. The van der Waals surface area contributed by atoms with Crippen molar-refractivity contribution in [2.45, 2.75) is 45.8 Å². The molecular formula is C20H31IN4O2. The second-order valence-corrected chi connectivity index (χ2v) is 6.94. The number of aliphatic imine (C=N–C) groups is 1. The van der Waals surface area contributed by atoms with E-state index in [4.69, 9.17) is 9.73 Å². The number of benzene rings is 1. The first-order chi connectivity index (χ1) is 12.7. The lowest BCUT2D eigenvalue weighted by Gasteiger charge is -2.36. The van der Waals surface area contributed by atoms with Gasteiger partial charge in [-0.1, -0.05) is 18.2 Å². The molecule has 0 bridgehead atoms. The highest BCUT2D eigenvalue weighted by Gasteiger charge is 2.22. The molecular weight excluding hydrogens is 455 g/mol. The Labute approximate surface area is 179 Å². The lowest BCUT2D eigenvalue weighted by Crippen LogP contribution is -2.53. The number of nitrogens with zero attached hydrogens (tertiary/aromatic N) is 3.